The van der Waals surface area contributed by atoms with Crippen LogP contribution in [0, 0.1) is 4.61 Å². The topological polar surface area (TPSA) is 23.8 Å². The molecular formula is C8H17INS-. The normalized spacial score (nSPS) is 10.7. The van der Waals surface area contributed by atoms with Crippen molar-refractivity contribution in [3.8, 4) is 0 Å². The Kier molecular flexibility index (Phi) is 9.52. The van der Waals surface area contributed by atoms with Crippen LogP contribution in [0.4, 0.5) is 0 Å². The van der Waals surface area contributed by atoms with Gasteiger partial charge in [-0.3, -0.25) is 7.70 Å². The van der Waals surface area contributed by atoms with Crippen LogP contribution in [0.2, 0.25) is 0 Å². The van der Waals surface area contributed by atoms with Gasteiger partial charge in [-0.25, -0.2) is 21.2 Å². The number of halogens is 1. The van der Waals surface area contributed by atoms with Crippen LogP contribution in [0.15, 0.2) is 0 Å². The lowest BCUT2D eigenvalue weighted by molar-refractivity contribution is 0.627. The summed E-state index contributed by atoms with van der Waals surface area (Å²) in [5.41, 5.74) is 0. The fraction of sp³-hybridized carbons (Fsp3) is 1.00. The molecule has 0 aliphatic carbocycles. The molecule has 11 heavy (non-hydrogen) atoms. The lowest BCUT2D eigenvalue weighted by atomic mass is 10.1. The van der Waals surface area contributed by atoms with Crippen LogP contribution >= 0.6 is 21.2 Å². The summed E-state index contributed by atoms with van der Waals surface area (Å²) in [5, 5.41) is 0. The molecule has 0 rings (SSSR count). The molecule has 0 bridgehead atoms. The first kappa shape index (κ1) is 11.8. The Morgan fingerprint density at radius 2 is 1.64 bits per heavy atom. The second kappa shape index (κ2) is 8.88. The zero-order valence-electron chi connectivity index (χ0n) is 7.18. The first-order valence-electron chi connectivity index (χ1n) is 4.33. The van der Waals surface area contributed by atoms with Crippen LogP contribution in [0.25, 0.3) is 0 Å². The Morgan fingerprint density at radius 1 is 1.09 bits per heavy atom. The van der Waals surface area contributed by atoms with Crippen molar-refractivity contribution in [1.82, 2.24) is 0 Å². The maximum absolute atomic E-state index is 8.97. The van der Waals surface area contributed by atoms with Gasteiger partial charge in [-0.2, -0.15) is 0 Å². The predicted octanol–water partition coefficient (Wildman–Crippen LogP) is 3.79. The average molecular weight is 286 g/mol. The summed E-state index contributed by atoms with van der Waals surface area (Å²) >= 11 is 2.09. The summed E-state index contributed by atoms with van der Waals surface area (Å²) in [7, 11) is -0.353. The molecule has 0 unspecified atom stereocenters. The van der Waals surface area contributed by atoms with E-state index in [2.05, 4.69) is 28.1 Å². The number of unbranched alkanes of at least 4 members (excludes halogenated alkanes) is 5. The van der Waals surface area contributed by atoms with E-state index in [1.807, 2.05) is 0 Å². The second-order valence-corrected chi connectivity index (χ2v) is 6.85. The van der Waals surface area contributed by atoms with Gasteiger partial charge in [0.05, 0.1) is 0 Å². The van der Waals surface area contributed by atoms with E-state index in [4.69, 9.17) is 4.61 Å². The van der Waals surface area contributed by atoms with E-state index in [0.29, 0.717) is 0 Å². The highest BCUT2D eigenvalue weighted by Gasteiger charge is 1.86. The molecular weight excluding hydrogens is 269 g/mol. The van der Waals surface area contributed by atoms with Crippen molar-refractivity contribution in [2.75, 3.05) is 5.75 Å². The van der Waals surface area contributed by atoms with E-state index in [0.717, 1.165) is 5.75 Å². The molecule has 0 spiro atoms. The second-order valence-electron chi connectivity index (χ2n) is 2.78. The maximum atomic E-state index is 8.97. The van der Waals surface area contributed by atoms with Gasteiger partial charge in [0.1, 0.15) is 0 Å². The first-order chi connectivity index (χ1) is 5.27. The molecule has 0 N–H and O–H groups in total. The van der Waals surface area contributed by atoms with Crippen molar-refractivity contribution >= 4 is 28.9 Å². The summed E-state index contributed by atoms with van der Waals surface area (Å²) < 4.78 is 8.97. The molecule has 0 atom stereocenters. The van der Waals surface area contributed by atoms with E-state index in [-0.39, 0.29) is 7.70 Å². The van der Waals surface area contributed by atoms with Crippen LogP contribution < -0.4 is 0 Å². The number of hydrogen-bond acceptors (Lipinski definition) is 2. The van der Waals surface area contributed by atoms with E-state index < -0.39 is 0 Å². The van der Waals surface area contributed by atoms with Gasteiger partial charge in [0.2, 0.25) is 0 Å². The molecule has 0 aliphatic rings. The standard InChI is InChI=1S/C8H17INS/c1-2-3-4-5-6-7-8-11(9)10/h2-8H2,1H3/q-1. The predicted molar refractivity (Wildman–Crippen MR) is 61.4 cm³/mol. The molecule has 0 fully saturated rings. The molecule has 0 aromatic heterocycles. The number of hydrogen-bond donors (Lipinski definition) is 0. The van der Waals surface area contributed by atoms with Crippen LogP contribution in [0.3, 0.4) is 0 Å². The summed E-state index contributed by atoms with van der Waals surface area (Å²) in [6.07, 6.45) is 7.91. The summed E-state index contributed by atoms with van der Waals surface area (Å²) in [4.78, 5) is 0. The zero-order chi connectivity index (χ0) is 8.53. The van der Waals surface area contributed by atoms with Crippen molar-refractivity contribution in [2.45, 2.75) is 45.4 Å². The third kappa shape index (κ3) is 10.8. The minimum atomic E-state index is -0.353. The van der Waals surface area contributed by atoms with Gasteiger partial charge in [0.25, 0.3) is 0 Å². The highest BCUT2D eigenvalue weighted by Crippen LogP contribution is 2.06. The highest BCUT2D eigenvalue weighted by atomic mass is 127. The lowest BCUT2D eigenvalue weighted by Crippen LogP contribution is -1.85. The average Bonchev–Trinajstić information content (AvgIpc) is 1.96. The van der Waals surface area contributed by atoms with Crippen molar-refractivity contribution < 1.29 is 0 Å². The highest BCUT2D eigenvalue weighted by molar-refractivity contribution is 14.2. The summed E-state index contributed by atoms with van der Waals surface area (Å²) in [5.74, 6) is 0.993. The molecule has 0 amide bonds. The minimum absolute atomic E-state index is 0.353. The van der Waals surface area contributed by atoms with Gasteiger partial charge in [0, 0.05) is 0 Å². The molecule has 0 saturated heterocycles. The summed E-state index contributed by atoms with van der Waals surface area (Å²) in [6.45, 7) is 2.23. The van der Waals surface area contributed by atoms with Crippen LogP contribution in [0.5, 0.6) is 0 Å². The largest absolute Gasteiger partial charge is 0.421 e. The Bertz CT molecular complexity index is 139. The van der Waals surface area contributed by atoms with Crippen LogP contribution in [-0.4, -0.2) is 5.75 Å². The van der Waals surface area contributed by atoms with Crippen molar-refractivity contribution in [3.63, 3.8) is 0 Å². The third-order valence-corrected chi connectivity index (χ3v) is 3.61. The van der Waals surface area contributed by atoms with Crippen molar-refractivity contribution in [1.29, 1.82) is 4.61 Å². The molecule has 0 heterocycles. The SMILES string of the molecule is CCCCCCCC[S-](#N)I. The van der Waals surface area contributed by atoms with E-state index >= 15 is 0 Å². The van der Waals surface area contributed by atoms with Crippen molar-refractivity contribution in [2.24, 2.45) is 0 Å². The minimum Gasteiger partial charge on any atom is -0.421 e. The zero-order valence-corrected chi connectivity index (χ0v) is 10.2. The third-order valence-electron chi connectivity index (χ3n) is 1.67. The Labute approximate surface area is 84.5 Å². The molecule has 0 aromatic carbocycles. The molecule has 0 aliphatic heterocycles. The van der Waals surface area contributed by atoms with Gasteiger partial charge in [-0.05, 0) is 0 Å². The first-order valence-corrected chi connectivity index (χ1v) is 8.23. The quantitative estimate of drug-likeness (QED) is 0.414. The van der Waals surface area contributed by atoms with E-state index in [9.17, 15) is 0 Å². The number of nitrogens with zero attached hydrogens (tertiary/aromatic N) is 1. The molecule has 68 valence electrons. The molecule has 1 nitrogen and oxygen atoms in total. The van der Waals surface area contributed by atoms with Gasteiger partial charge in [-0.1, -0.05) is 45.4 Å². The Morgan fingerprint density at radius 3 is 2.18 bits per heavy atom. The van der Waals surface area contributed by atoms with E-state index in [1.165, 1.54) is 38.5 Å². The molecule has 0 aromatic rings. The van der Waals surface area contributed by atoms with Gasteiger partial charge >= 0.3 is 0 Å². The maximum Gasteiger partial charge on any atom is -0.0533 e. The van der Waals surface area contributed by atoms with Gasteiger partial charge in [0.15, 0.2) is 0 Å². The Balaban J connectivity index is 2.87. The Hall–Kier alpha value is 0.790. The van der Waals surface area contributed by atoms with E-state index in [1.54, 1.807) is 0 Å². The molecule has 0 saturated carbocycles. The monoisotopic (exact) mass is 286 g/mol. The molecule has 3 heteroatoms. The van der Waals surface area contributed by atoms with Crippen LogP contribution in [-0.2, 0) is 7.70 Å². The molecule has 0 radical (unpaired) electrons. The number of rotatable bonds is 6. The fourth-order valence-corrected chi connectivity index (χ4v) is 2.38. The fourth-order valence-electron chi connectivity index (χ4n) is 1.00. The smallest absolute Gasteiger partial charge is 0.0533 e. The lowest BCUT2D eigenvalue weighted by Gasteiger charge is -2.03. The van der Waals surface area contributed by atoms with Crippen molar-refractivity contribution in [3.05, 3.63) is 0 Å². The van der Waals surface area contributed by atoms with Crippen LogP contribution in [0.1, 0.15) is 45.4 Å². The summed E-state index contributed by atoms with van der Waals surface area (Å²) in [6, 6.07) is 0. The van der Waals surface area contributed by atoms with Gasteiger partial charge < -0.3 is 4.61 Å². The van der Waals surface area contributed by atoms with Gasteiger partial charge in [-0.15, -0.1) is 5.75 Å².